The van der Waals surface area contributed by atoms with Gasteiger partial charge in [-0.1, -0.05) is 6.07 Å². The quantitative estimate of drug-likeness (QED) is 0.743. The summed E-state index contributed by atoms with van der Waals surface area (Å²) in [5.74, 6) is 0.674. The van der Waals surface area contributed by atoms with Crippen molar-refractivity contribution in [3.05, 3.63) is 35.0 Å². The fourth-order valence-electron chi connectivity index (χ4n) is 1.67. The molecule has 3 rings (SSSR count). The van der Waals surface area contributed by atoms with E-state index in [0.29, 0.717) is 5.89 Å². The zero-order valence-corrected chi connectivity index (χ0v) is 10.1. The number of H-pyrrole nitrogens is 1. The smallest absolute Gasteiger partial charge is 0.192 e. The topological polar surface area (TPSA) is 54.7 Å². The third kappa shape index (κ3) is 1.44. The van der Waals surface area contributed by atoms with Gasteiger partial charge in [0, 0.05) is 12.5 Å². The Morgan fingerprint density at radius 3 is 3.00 bits per heavy atom. The van der Waals surface area contributed by atoms with Crippen molar-refractivity contribution in [1.29, 1.82) is 0 Å². The van der Waals surface area contributed by atoms with Crippen LogP contribution in [-0.2, 0) is 0 Å². The largest absolute Gasteiger partial charge is 0.441 e. The Balaban J connectivity index is 2.22. The van der Waals surface area contributed by atoms with Crippen molar-refractivity contribution in [1.82, 2.24) is 15.0 Å². The van der Waals surface area contributed by atoms with Crippen molar-refractivity contribution in [2.75, 3.05) is 0 Å². The second-order valence-corrected chi connectivity index (χ2v) is 4.27. The highest BCUT2D eigenvalue weighted by Gasteiger charge is 2.08. The number of imidazole rings is 1. The van der Waals surface area contributed by atoms with Crippen LogP contribution in [-0.4, -0.2) is 15.0 Å². The van der Waals surface area contributed by atoms with Gasteiger partial charge in [-0.3, -0.25) is 0 Å². The third-order valence-corrected chi connectivity index (χ3v) is 2.97. The number of nitrogens with zero attached hydrogens (tertiary/aromatic N) is 2. The Hall–Kier alpha value is -1.62. The molecule has 0 aliphatic heterocycles. The molecule has 4 nitrogen and oxygen atoms in total. The van der Waals surface area contributed by atoms with Crippen LogP contribution in [0.1, 0.15) is 5.89 Å². The normalized spacial score (nSPS) is 11.1. The van der Waals surface area contributed by atoms with E-state index in [0.717, 1.165) is 27.0 Å². The van der Waals surface area contributed by atoms with Crippen molar-refractivity contribution < 1.29 is 4.42 Å². The first kappa shape index (κ1) is 9.59. The molecule has 3 aromatic rings. The first-order valence-electron chi connectivity index (χ1n) is 4.80. The molecule has 0 aliphatic rings. The molecule has 5 heteroatoms. The molecule has 0 unspecified atom stereocenters. The van der Waals surface area contributed by atoms with Crippen LogP contribution in [0.15, 0.2) is 33.5 Å². The molecule has 0 amide bonds. The molecule has 0 radical (unpaired) electrons. The number of hydrogen-bond donors (Lipinski definition) is 1. The van der Waals surface area contributed by atoms with E-state index in [2.05, 4.69) is 30.9 Å². The van der Waals surface area contributed by atoms with Crippen LogP contribution in [0.5, 0.6) is 0 Å². The number of oxazole rings is 1. The molecule has 1 aromatic carbocycles. The standard InChI is InChI=1S/C11H8BrN3O/c1-6-15-8-3-2-7(4-9(8)16-6)10-11(12)14-5-13-10/h2-5H,1H3,(H,13,14). The van der Waals surface area contributed by atoms with Crippen molar-refractivity contribution in [3.8, 4) is 11.3 Å². The summed E-state index contributed by atoms with van der Waals surface area (Å²) in [4.78, 5) is 11.5. The average Bonchev–Trinajstić information content (AvgIpc) is 2.81. The van der Waals surface area contributed by atoms with Gasteiger partial charge in [-0.05, 0) is 28.1 Å². The minimum atomic E-state index is 0.674. The van der Waals surface area contributed by atoms with E-state index in [1.54, 1.807) is 6.33 Å². The maximum absolute atomic E-state index is 5.48. The monoisotopic (exact) mass is 277 g/mol. The first-order chi connectivity index (χ1) is 7.74. The van der Waals surface area contributed by atoms with E-state index >= 15 is 0 Å². The fourth-order valence-corrected chi connectivity index (χ4v) is 2.10. The van der Waals surface area contributed by atoms with Crippen molar-refractivity contribution >= 4 is 27.0 Å². The lowest BCUT2D eigenvalue weighted by molar-refractivity contribution is 0.561. The van der Waals surface area contributed by atoms with Gasteiger partial charge in [0.05, 0.1) is 6.33 Å². The number of halogens is 1. The van der Waals surface area contributed by atoms with E-state index < -0.39 is 0 Å². The van der Waals surface area contributed by atoms with Gasteiger partial charge >= 0.3 is 0 Å². The van der Waals surface area contributed by atoms with Crippen LogP contribution in [0.2, 0.25) is 0 Å². The van der Waals surface area contributed by atoms with Gasteiger partial charge in [0.25, 0.3) is 0 Å². The van der Waals surface area contributed by atoms with Gasteiger partial charge < -0.3 is 9.40 Å². The van der Waals surface area contributed by atoms with Crippen LogP contribution in [0.3, 0.4) is 0 Å². The van der Waals surface area contributed by atoms with Gasteiger partial charge in [0.15, 0.2) is 11.5 Å². The molecule has 0 atom stereocenters. The summed E-state index contributed by atoms with van der Waals surface area (Å²) in [7, 11) is 0. The van der Waals surface area contributed by atoms with Crippen LogP contribution in [0.4, 0.5) is 0 Å². The second kappa shape index (κ2) is 3.45. The predicted molar refractivity (Wildman–Crippen MR) is 64.0 cm³/mol. The summed E-state index contributed by atoms with van der Waals surface area (Å²) in [6.45, 7) is 1.84. The number of aromatic amines is 1. The second-order valence-electron chi connectivity index (χ2n) is 3.48. The highest BCUT2D eigenvalue weighted by molar-refractivity contribution is 9.10. The minimum absolute atomic E-state index is 0.674. The Bertz CT molecular complexity index is 656. The number of aryl methyl sites for hydroxylation is 1. The summed E-state index contributed by atoms with van der Waals surface area (Å²) >= 11 is 3.41. The molecule has 0 spiro atoms. The highest BCUT2D eigenvalue weighted by atomic mass is 79.9. The zero-order valence-electron chi connectivity index (χ0n) is 8.49. The van der Waals surface area contributed by atoms with E-state index in [4.69, 9.17) is 4.42 Å². The zero-order chi connectivity index (χ0) is 11.1. The van der Waals surface area contributed by atoms with Crippen molar-refractivity contribution in [2.45, 2.75) is 6.92 Å². The summed E-state index contributed by atoms with van der Waals surface area (Å²) in [5.41, 5.74) is 3.52. The Kier molecular flexibility index (Phi) is 2.07. The molecule has 2 aromatic heterocycles. The maximum Gasteiger partial charge on any atom is 0.192 e. The molecule has 2 heterocycles. The van der Waals surface area contributed by atoms with Crippen molar-refractivity contribution in [2.24, 2.45) is 0 Å². The summed E-state index contributed by atoms with van der Waals surface area (Å²) in [6.07, 6.45) is 1.65. The molecular weight excluding hydrogens is 270 g/mol. The number of nitrogens with one attached hydrogen (secondary N) is 1. The summed E-state index contributed by atoms with van der Waals surface area (Å²) in [5, 5.41) is 0. The van der Waals surface area contributed by atoms with E-state index in [1.165, 1.54) is 0 Å². The molecule has 0 fully saturated rings. The molecular formula is C11H8BrN3O. The Labute approximate surface area is 99.8 Å². The summed E-state index contributed by atoms with van der Waals surface area (Å²) < 4.78 is 6.35. The van der Waals surface area contributed by atoms with Crippen LogP contribution >= 0.6 is 15.9 Å². The highest BCUT2D eigenvalue weighted by Crippen LogP contribution is 2.27. The van der Waals surface area contributed by atoms with Crippen LogP contribution < -0.4 is 0 Å². The Morgan fingerprint density at radius 1 is 1.38 bits per heavy atom. The fraction of sp³-hybridized carbons (Fsp3) is 0.0909. The SMILES string of the molecule is Cc1nc2ccc(-c3nc[nH]c3Br)cc2o1. The molecule has 0 saturated heterocycles. The number of rotatable bonds is 1. The van der Waals surface area contributed by atoms with E-state index in [1.807, 2.05) is 25.1 Å². The van der Waals surface area contributed by atoms with Gasteiger partial charge in [-0.15, -0.1) is 0 Å². The molecule has 80 valence electrons. The molecule has 0 aliphatic carbocycles. The lowest BCUT2D eigenvalue weighted by Crippen LogP contribution is -1.78. The molecule has 0 bridgehead atoms. The molecule has 16 heavy (non-hydrogen) atoms. The van der Waals surface area contributed by atoms with Crippen LogP contribution in [0, 0.1) is 6.92 Å². The maximum atomic E-state index is 5.48. The lowest BCUT2D eigenvalue weighted by Gasteiger charge is -1.96. The number of aromatic nitrogens is 3. The minimum Gasteiger partial charge on any atom is -0.441 e. The predicted octanol–water partition coefficient (Wildman–Crippen LogP) is 3.29. The van der Waals surface area contributed by atoms with Gasteiger partial charge in [0.1, 0.15) is 15.8 Å². The van der Waals surface area contributed by atoms with Gasteiger partial charge in [-0.2, -0.15) is 0 Å². The molecule has 0 saturated carbocycles. The number of fused-ring (bicyclic) bond motifs is 1. The third-order valence-electron chi connectivity index (χ3n) is 2.36. The van der Waals surface area contributed by atoms with Gasteiger partial charge in [-0.25, -0.2) is 9.97 Å². The van der Waals surface area contributed by atoms with Crippen molar-refractivity contribution in [3.63, 3.8) is 0 Å². The molecule has 1 N–H and O–H groups in total. The van der Waals surface area contributed by atoms with E-state index in [9.17, 15) is 0 Å². The van der Waals surface area contributed by atoms with Gasteiger partial charge in [0.2, 0.25) is 0 Å². The number of benzene rings is 1. The van der Waals surface area contributed by atoms with Crippen LogP contribution in [0.25, 0.3) is 22.4 Å². The first-order valence-corrected chi connectivity index (χ1v) is 5.60. The number of hydrogen-bond acceptors (Lipinski definition) is 3. The Morgan fingerprint density at radius 2 is 2.25 bits per heavy atom. The lowest BCUT2D eigenvalue weighted by atomic mass is 10.1. The van der Waals surface area contributed by atoms with E-state index in [-0.39, 0.29) is 0 Å². The summed E-state index contributed by atoms with van der Waals surface area (Å²) in [6, 6.07) is 5.85. The average molecular weight is 278 g/mol.